The summed E-state index contributed by atoms with van der Waals surface area (Å²) in [5.74, 6) is 4.48. The fourth-order valence-electron chi connectivity index (χ4n) is 4.46. The Kier molecular flexibility index (Phi) is 3.06. The lowest BCUT2D eigenvalue weighted by molar-refractivity contribution is 0.406. The topological polar surface area (TPSA) is 53.6 Å². The van der Waals surface area contributed by atoms with E-state index in [0.717, 1.165) is 23.5 Å². The molecular formula is C15H24N4. The second-order valence-corrected chi connectivity index (χ2v) is 6.65. The fourth-order valence-corrected chi connectivity index (χ4v) is 4.46. The molecule has 2 aliphatic carbocycles. The fraction of sp³-hybridized carbons (Fsp3) is 0.867. The maximum Gasteiger partial charge on any atom is 0.153 e. The Labute approximate surface area is 114 Å². The molecule has 3 fully saturated rings. The van der Waals surface area contributed by atoms with Crippen molar-refractivity contribution in [1.29, 1.82) is 0 Å². The molecule has 1 saturated heterocycles. The SMILES string of the molecule is C1CCC(c2n[nH]c(C3NCC4CCCC43)n2)CC1. The number of aromatic nitrogens is 3. The number of aromatic amines is 1. The first-order valence-electron chi connectivity index (χ1n) is 8.07. The highest BCUT2D eigenvalue weighted by molar-refractivity contribution is 5.08. The molecule has 0 radical (unpaired) electrons. The second-order valence-electron chi connectivity index (χ2n) is 6.65. The number of hydrogen-bond donors (Lipinski definition) is 2. The molecule has 0 bridgehead atoms. The molecule has 3 aliphatic rings. The van der Waals surface area contributed by atoms with Crippen LogP contribution in [0.15, 0.2) is 0 Å². The lowest BCUT2D eigenvalue weighted by Crippen LogP contribution is -2.19. The molecule has 3 unspecified atom stereocenters. The number of H-pyrrole nitrogens is 1. The highest BCUT2D eigenvalue weighted by Crippen LogP contribution is 2.43. The van der Waals surface area contributed by atoms with Crippen molar-refractivity contribution in [3.05, 3.63) is 11.6 Å². The van der Waals surface area contributed by atoms with Gasteiger partial charge in [0.1, 0.15) is 5.82 Å². The Bertz CT molecular complexity index is 435. The van der Waals surface area contributed by atoms with Crippen LogP contribution in [-0.4, -0.2) is 21.7 Å². The molecule has 104 valence electrons. The van der Waals surface area contributed by atoms with E-state index in [2.05, 4.69) is 15.5 Å². The lowest BCUT2D eigenvalue weighted by atomic mass is 9.89. The largest absolute Gasteiger partial charge is 0.307 e. The molecule has 2 N–H and O–H groups in total. The van der Waals surface area contributed by atoms with Crippen LogP contribution in [-0.2, 0) is 0 Å². The van der Waals surface area contributed by atoms with Gasteiger partial charge in [0.15, 0.2) is 5.82 Å². The highest BCUT2D eigenvalue weighted by Gasteiger charge is 2.41. The smallest absolute Gasteiger partial charge is 0.153 e. The van der Waals surface area contributed by atoms with E-state index < -0.39 is 0 Å². The maximum atomic E-state index is 4.85. The molecule has 3 atom stereocenters. The van der Waals surface area contributed by atoms with Crippen LogP contribution in [0.25, 0.3) is 0 Å². The first-order chi connectivity index (χ1) is 9.42. The van der Waals surface area contributed by atoms with Crippen LogP contribution in [0, 0.1) is 11.8 Å². The zero-order chi connectivity index (χ0) is 12.7. The van der Waals surface area contributed by atoms with Crippen molar-refractivity contribution in [1.82, 2.24) is 20.5 Å². The molecule has 4 nitrogen and oxygen atoms in total. The maximum absolute atomic E-state index is 4.85. The minimum atomic E-state index is 0.442. The Balaban J connectivity index is 1.51. The zero-order valence-electron chi connectivity index (χ0n) is 11.6. The van der Waals surface area contributed by atoms with Crippen LogP contribution >= 0.6 is 0 Å². The van der Waals surface area contributed by atoms with E-state index in [4.69, 9.17) is 4.98 Å². The Morgan fingerprint density at radius 3 is 2.74 bits per heavy atom. The average molecular weight is 260 g/mol. The van der Waals surface area contributed by atoms with Crippen molar-refractivity contribution in [3.63, 3.8) is 0 Å². The van der Waals surface area contributed by atoms with E-state index in [0.29, 0.717) is 12.0 Å². The summed E-state index contributed by atoms with van der Waals surface area (Å²) in [6.45, 7) is 1.18. The Morgan fingerprint density at radius 2 is 1.84 bits per heavy atom. The van der Waals surface area contributed by atoms with E-state index >= 15 is 0 Å². The first kappa shape index (κ1) is 11.9. The van der Waals surface area contributed by atoms with Crippen molar-refractivity contribution in [3.8, 4) is 0 Å². The quantitative estimate of drug-likeness (QED) is 0.859. The van der Waals surface area contributed by atoms with Gasteiger partial charge in [0.25, 0.3) is 0 Å². The van der Waals surface area contributed by atoms with E-state index in [1.165, 1.54) is 57.9 Å². The molecule has 19 heavy (non-hydrogen) atoms. The number of fused-ring (bicyclic) bond motifs is 1. The Hall–Kier alpha value is -0.900. The van der Waals surface area contributed by atoms with Gasteiger partial charge < -0.3 is 5.32 Å². The number of nitrogens with zero attached hydrogens (tertiary/aromatic N) is 2. The number of rotatable bonds is 2. The minimum Gasteiger partial charge on any atom is -0.307 e. The third kappa shape index (κ3) is 2.10. The summed E-state index contributed by atoms with van der Waals surface area (Å²) in [5.41, 5.74) is 0. The molecular weight excluding hydrogens is 236 g/mol. The lowest BCUT2D eigenvalue weighted by Gasteiger charge is -2.18. The molecule has 1 aromatic rings. The molecule has 0 spiro atoms. The van der Waals surface area contributed by atoms with Gasteiger partial charge in [-0.2, -0.15) is 5.10 Å². The molecule has 1 aliphatic heterocycles. The van der Waals surface area contributed by atoms with Crippen LogP contribution < -0.4 is 5.32 Å². The monoisotopic (exact) mass is 260 g/mol. The highest BCUT2D eigenvalue weighted by atomic mass is 15.2. The molecule has 2 heterocycles. The predicted octanol–water partition coefficient (Wildman–Crippen LogP) is 2.91. The number of hydrogen-bond acceptors (Lipinski definition) is 3. The Morgan fingerprint density at radius 1 is 0.947 bits per heavy atom. The predicted molar refractivity (Wildman–Crippen MR) is 73.8 cm³/mol. The van der Waals surface area contributed by atoms with Gasteiger partial charge in [-0.05, 0) is 44.1 Å². The third-order valence-electron chi connectivity index (χ3n) is 5.53. The summed E-state index contributed by atoms with van der Waals surface area (Å²) < 4.78 is 0. The normalized spacial score (nSPS) is 35.7. The van der Waals surface area contributed by atoms with Gasteiger partial charge in [-0.25, -0.2) is 4.98 Å². The van der Waals surface area contributed by atoms with Crippen molar-refractivity contribution >= 4 is 0 Å². The van der Waals surface area contributed by atoms with Gasteiger partial charge in [0.2, 0.25) is 0 Å². The van der Waals surface area contributed by atoms with Crippen LogP contribution in [0.3, 0.4) is 0 Å². The van der Waals surface area contributed by atoms with Crippen molar-refractivity contribution in [2.45, 2.75) is 63.3 Å². The van der Waals surface area contributed by atoms with E-state index in [-0.39, 0.29) is 0 Å². The van der Waals surface area contributed by atoms with Gasteiger partial charge in [-0.3, -0.25) is 5.10 Å². The summed E-state index contributed by atoms with van der Waals surface area (Å²) in [4.78, 5) is 4.85. The van der Waals surface area contributed by atoms with E-state index in [1.54, 1.807) is 0 Å². The van der Waals surface area contributed by atoms with Crippen LogP contribution in [0.5, 0.6) is 0 Å². The summed E-state index contributed by atoms with van der Waals surface area (Å²) in [7, 11) is 0. The standard InChI is InChI=1S/C15H24N4/c1-2-5-10(6-3-1)14-17-15(19-18-14)13-12-8-4-7-11(12)9-16-13/h10-13,16H,1-9H2,(H,17,18,19). The van der Waals surface area contributed by atoms with Gasteiger partial charge in [0.05, 0.1) is 6.04 Å². The summed E-state index contributed by atoms with van der Waals surface area (Å²) in [6, 6.07) is 0.442. The van der Waals surface area contributed by atoms with Crippen LogP contribution in [0.2, 0.25) is 0 Å². The zero-order valence-corrected chi connectivity index (χ0v) is 11.6. The summed E-state index contributed by atoms with van der Waals surface area (Å²) >= 11 is 0. The average Bonchev–Trinajstić information content (AvgIpc) is 3.15. The summed E-state index contributed by atoms with van der Waals surface area (Å²) in [6.07, 6.45) is 10.8. The second kappa shape index (κ2) is 4.89. The van der Waals surface area contributed by atoms with E-state index in [9.17, 15) is 0 Å². The third-order valence-corrected chi connectivity index (χ3v) is 5.53. The molecule has 1 aromatic heterocycles. The summed E-state index contributed by atoms with van der Waals surface area (Å²) in [5, 5.41) is 11.4. The van der Waals surface area contributed by atoms with Crippen molar-refractivity contribution in [2.24, 2.45) is 11.8 Å². The first-order valence-corrected chi connectivity index (χ1v) is 8.07. The van der Waals surface area contributed by atoms with Crippen molar-refractivity contribution < 1.29 is 0 Å². The molecule has 4 rings (SSSR count). The van der Waals surface area contributed by atoms with Crippen LogP contribution in [0.4, 0.5) is 0 Å². The molecule has 0 aromatic carbocycles. The van der Waals surface area contributed by atoms with Crippen LogP contribution in [0.1, 0.15) is 75.0 Å². The van der Waals surface area contributed by atoms with Gasteiger partial charge in [-0.1, -0.05) is 25.7 Å². The molecule has 2 saturated carbocycles. The molecule has 4 heteroatoms. The van der Waals surface area contributed by atoms with Gasteiger partial charge in [0, 0.05) is 5.92 Å². The van der Waals surface area contributed by atoms with Gasteiger partial charge in [-0.15, -0.1) is 0 Å². The van der Waals surface area contributed by atoms with Gasteiger partial charge >= 0.3 is 0 Å². The number of nitrogens with one attached hydrogen (secondary N) is 2. The van der Waals surface area contributed by atoms with Crippen molar-refractivity contribution in [2.75, 3.05) is 6.54 Å². The minimum absolute atomic E-state index is 0.442. The van der Waals surface area contributed by atoms with E-state index in [1.807, 2.05) is 0 Å². The molecule has 0 amide bonds.